The van der Waals surface area contributed by atoms with Gasteiger partial charge >= 0.3 is 0 Å². The summed E-state index contributed by atoms with van der Waals surface area (Å²) >= 11 is 0. The number of rotatable bonds is 2. The molecule has 0 saturated heterocycles. The Kier molecular flexibility index (Phi) is 1.99. The van der Waals surface area contributed by atoms with Gasteiger partial charge in [0.25, 0.3) is 0 Å². The number of benzene rings is 1. The van der Waals surface area contributed by atoms with E-state index in [0.717, 1.165) is 0 Å². The SMILES string of the molecule is COc1ccccc1N=O. The van der Waals surface area contributed by atoms with Crippen LogP contribution in [0.5, 0.6) is 5.75 Å². The average molecular weight is 137 g/mol. The summed E-state index contributed by atoms with van der Waals surface area (Å²) in [5, 5.41) is 2.77. The molecule has 0 aromatic heterocycles. The second-order valence-electron chi connectivity index (χ2n) is 1.76. The van der Waals surface area contributed by atoms with Gasteiger partial charge in [0.05, 0.1) is 7.11 Å². The molecule has 0 atom stereocenters. The number of ether oxygens (including phenoxy) is 1. The molecule has 3 heteroatoms. The molecule has 0 fully saturated rings. The minimum atomic E-state index is 0.338. The van der Waals surface area contributed by atoms with E-state index in [0.29, 0.717) is 11.4 Å². The van der Waals surface area contributed by atoms with Gasteiger partial charge in [-0.05, 0) is 17.3 Å². The van der Waals surface area contributed by atoms with Gasteiger partial charge in [-0.1, -0.05) is 12.1 Å². The van der Waals surface area contributed by atoms with Crippen LogP contribution in [0.4, 0.5) is 5.69 Å². The fourth-order valence-corrected chi connectivity index (χ4v) is 0.705. The van der Waals surface area contributed by atoms with Crippen molar-refractivity contribution < 1.29 is 4.74 Å². The lowest BCUT2D eigenvalue weighted by atomic mass is 10.3. The molecule has 1 aromatic carbocycles. The van der Waals surface area contributed by atoms with Gasteiger partial charge in [0, 0.05) is 0 Å². The molecule has 0 aliphatic heterocycles. The van der Waals surface area contributed by atoms with Crippen molar-refractivity contribution >= 4 is 5.69 Å². The zero-order chi connectivity index (χ0) is 7.40. The Morgan fingerprint density at radius 2 is 2.10 bits per heavy atom. The normalized spacial score (nSPS) is 8.90. The van der Waals surface area contributed by atoms with Crippen molar-refractivity contribution in [1.82, 2.24) is 0 Å². The Hall–Kier alpha value is -1.38. The van der Waals surface area contributed by atoms with E-state index >= 15 is 0 Å². The summed E-state index contributed by atoms with van der Waals surface area (Å²) in [6.45, 7) is 0. The van der Waals surface area contributed by atoms with Crippen LogP contribution < -0.4 is 4.74 Å². The van der Waals surface area contributed by atoms with E-state index in [1.807, 2.05) is 0 Å². The van der Waals surface area contributed by atoms with Crippen molar-refractivity contribution in [2.75, 3.05) is 7.11 Å². The highest BCUT2D eigenvalue weighted by molar-refractivity contribution is 5.50. The number of nitroso groups, excluding NO2 is 1. The third-order valence-electron chi connectivity index (χ3n) is 1.18. The van der Waals surface area contributed by atoms with Crippen molar-refractivity contribution in [3.05, 3.63) is 29.2 Å². The monoisotopic (exact) mass is 137 g/mol. The Morgan fingerprint density at radius 1 is 1.40 bits per heavy atom. The Balaban J connectivity index is 3.08. The third-order valence-corrected chi connectivity index (χ3v) is 1.18. The lowest BCUT2D eigenvalue weighted by Crippen LogP contribution is -1.80. The number of hydrogen-bond acceptors (Lipinski definition) is 3. The number of hydrogen-bond donors (Lipinski definition) is 0. The molecule has 0 saturated carbocycles. The van der Waals surface area contributed by atoms with Crippen LogP contribution in [0.25, 0.3) is 0 Å². The third kappa shape index (κ3) is 1.13. The minimum Gasteiger partial charge on any atom is -0.494 e. The van der Waals surface area contributed by atoms with Gasteiger partial charge < -0.3 is 4.74 Å². The lowest BCUT2D eigenvalue weighted by molar-refractivity contribution is 0.416. The van der Waals surface area contributed by atoms with Crippen molar-refractivity contribution in [2.24, 2.45) is 5.18 Å². The molecule has 1 aromatic rings. The molecule has 0 N–H and O–H groups in total. The minimum absolute atomic E-state index is 0.338. The molecule has 0 spiro atoms. The average Bonchev–Trinajstić information content (AvgIpc) is 2.04. The summed E-state index contributed by atoms with van der Waals surface area (Å²) in [7, 11) is 1.50. The van der Waals surface area contributed by atoms with Gasteiger partial charge in [0.1, 0.15) is 11.4 Å². The highest BCUT2D eigenvalue weighted by atomic mass is 16.5. The summed E-state index contributed by atoms with van der Waals surface area (Å²) < 4.78 is 4.84. The first kappa shape index (κ1) is 6.74. The first-order valence-electron chi connectivity index (χ1n) is 2.85. The van der Waals surface area contributed by atoms with E-state index in [1.54, 1.807) is 24.3 Å². The molecule has 0 aliphatic carbocycles. The molecule has 0 heterocycles. The first-order valence-corrected chi connectivity index (χ1v) is 2.85. The highest BCUT2D eigenvalue weighted by Gasteiger charge is 1.97. The van der Waals surface area contributed by atoms with E-state index in [4.69, 9.17) is 4.74 Å². The Bertz CT molecular complexity index is 235. The van der Waals surface area contributed by atoms with Crippen LogP contribution in [0.15, 0.2) is 29.4 Å². The largest absolute Gasteiger partial charge is 0.494 e. The Labute approximate surface area is 58.6 Å². The van der Waals surface area contributed by atoms with E-state index in [9.17, 15) is 4.91 Å². The van der Waals surface area contributed by atoms with Crippen LogP contribution in [0, 0.1) is 4.91 Å². The summed E-state index contributed by atoms with van der Waals surface area (Å²) in [6, 6.07) is 6.81. The lowest BCUT2D eigenvalue weighted by Gasteiger charge is -1.98. The molecule has 10 heavy (non-hydrogen) atoms. The number of para-hydroxylation sites is 1. The fraction of sp³-hybridized carbons (Fsp3) is 0.143. The van der Waals surface area contributed by atoms with Crippen LogP contribution in [0.1, 0.15) is 0 Å². The standard InChI is InChI=1S/C7H7NO2/c1-10-7-5-3-2-4-6(7)8-9/h2-5H,1H3. The maximum Gasteiger partial charge on any atom is 0.149 e. The topological polar surface area (TPSA) is 38.7 Å². The summed E-state index contributed by atoms with van der Waals surface area (Å²) in [5.41, 5.74) is 0.338. The zero-order valence-corrected chi connectivity index (χ0v) is 5.57. The second kappa shape index (κ2) is 2.96. The number of methoxy groups -OCH3 is 1. The molecular weight excluding hydrogens is 130 g/mol. The summed E-state index contributed by atoms with van der Waals surface area (Å²) in [5.74, 6) is 0.512. The highest BCUT2D eigenvalue weighted by Crippen LogP contribution is 2.25. The maximum atomic E-state index is 10.1. The molecule has 0 amide bonds. The molecule has 52 valence electrons. The van der Waals surface area contributed by atoms with Gasteiger partial charge in [-0.2, -0.15) is 0 Å². The van der Waals surface area contributed by atoms with Crippen LogP contribution in [0.2, 0.25) is 0 Å². The second-order valence-corrected chi connectivity index (χ2v) is 1.76. The van der Waals surface area contributed by atoms with Crippen LogP contribution in [-0.2, 0) is 0 Å². The van der Waals surface area contributed by atoms with Gasteiger partial charge in [-0.15, -0.1) is 4.91 Å². The molecular formula is C7H7NO2. The van der Waals surface area contributed by atoms with E-state index in [-0.39, 0.29) is 0 Å². The van der Waals surface area contributed by atoms with E-state index in [1.165, 1.54) is 7.11 Å². The van der Waals surface area contributed by atoms with Gasteiger partial charge in [-0.25, -0.2) is 0 Å². The predicted octanol–water partition coefficient (Wildman–Crippen LogP) is 2.09. The molecule has 0 aliphatic rings. The molecule has 3 nitrogen and oxygen atoms in total. The molecule has 0 radical (unpaired) electrons. The quantitative estimate of drug-likeness (QED) is 0.585. The van der Waals surface area contributed by atoms with Crippen LogP contribution in [0.3, 0.4) is 0 Å². The van der Waals surface area contributed by atoms with E-state index < -0.39 is 0 Å². The van der Waals surface area contributed by atoms with Crippen molar-refractivity contribution in [1.29, 1.82) is 0 Å². The van der Waals surface area contributed by atoms with Crippen LogP contribution >= 0.6 is 0 Å². The number of nitrogens with zero attached hydrogens (tertiary/aromatic N) is 1. The van der Waals surface area contributed by atoms with Crippen molar-refractivity contribution in [3.8, 4) is 5.75 Å². The van der Waals surface area contributed by atoms with Crippen LogP contribution in [-0.4, -0.2) is 7.11 Å². The first-order chi connectivity index (χ1) is 4.88. The maximum absolute atomic E-state index is 10.1. The molecule has 1 rings (SSSR count). The smallest absolute Gasteiger partial charge is 0.149 e. The van der Waals surface area contributed by atoms with Crippen molar-refractivity contribution in [2.45, 2.75) is 0 Å². The predicted molar refractivity (Wildman–Crippen MR) is 38.4 cm³/mol. The zero-order valence-electron chi connectivity index (χ0n) is 5.57. The summed E-state index contributed by atoms with van der Waals surface area (Å²) in [4.78, 5) is 10.1. The fourth-order valence-electron chi connectivity index (χ4n) is 0.705. The van der Waals surface area contributed by atoms with E-state index in [2.05, 4.69) is 5.18 Å². The van der Waals surface area contributed by atoms with Gasteiger partial charge in [0.15, 0.2) is 0 Å². The van der Waals surface area contributed by atoms with Gasteiger partial charge in [0.2, 0.25) is 0 Å². The van der Waals surface area contributed by atoms with Crippen molar-refractivity contribution in [3.63, 3.8) is 0 Å². The molecule has 0 unspecified atom stereocenters. The Morgan fingerprint density at radius 3 is 2.60 bits per heavy atom. The van der Waals surface area contributed by atoms with Gasteiger partial charge in [-0.3, -0.25) is 0 Å². The molecule has 0 bridgehead atoms. The summed E-state index contributed by atoms with van der Waals surface area (Å²) in [6.07, 6.45) is 0.